The molecule has 0 aromatic heterocycles. The number of aliphatic hydroxyl groups is 1. The number of rotatable bonds is 3. The van der Waals surface area contributed by atoms with Crippen LogP contribution in [0.3, 0.4) is 0 Å². The van der Waals surface area contributed by atoms with E-state index in [0.717, 1.165) is 38.3 Å². The standard InChI is InChI=1S/C14H18ClFN2O/c15-11-2-1-10(7-12(11)16)8-14(19)13-9-17-3-5-18(13)6-4-17/h1-2,7,13-14,19H,3-6,8-9H2. The highest BCUT2D eigenvalue weighted by atomic mass is 35.5. The molecular weight excluding hydrogens is 267 g/mol. The molecule has 5 heteroatoms. The Morgan fingerprint density at radius 1 is 1.32 bits per heavy atom. The molecule has 2 atom stereocenters. The number of halogens is 2. The molecule has 0 radical (unpaired) electrons. The molecule has 0 spiro atoms. The van der Waals surface area contributed by atoms with Gasteiger partial charge in [-0.15, -0.1) is 0 Å². The molecule has 19 heavy (non-hydrogen) atoms. The fourth-order valence-electron chi connectivity index (χ4n) is 3.07. The van der Waals surface area contributed by atoms with E-state index in [1.807, 2.05) is 0 Å². The molecule has 2 bridgehead atoms. The van der Waals surface area contributed by atoms with Crippen LogP contribution >= 0.6 is 11.6 Å². The van der Waals surface area contributed by atoms with Crippen molar-refractivity contribution in [2.45, 2.75) is 18.6 Å². The summed E-state index contributed by atoms with van der Waals surface area (Å²) in [4.78, 5) is 4.73. The number of fused-ring (bicyclic) bond motifs is 3. The lowest BCUT2D eigenvalue weighted by Crippen LogP contribution is -2.64. The lowest BCUT2D eigenvalue weighted by molar-refractivity contribution is -0.0453. The van der Waals surface area contributed by atoms with Crippen molar-refractivity contribution in [3.8, 4) is 0 Å². The lowest BCUT2D eigenvalue weighted by Gasteiger charge is -2.49. The van der Waals surface area contributed by atoms with E-state index in [2.05, 4.69) is 9.80 Å². The third kappa shape index (κ3) is 2.77. The number of hydrogen-bond acceptors (Lipinski definition) is 3. The first-order chi connectivity index (χ1) is 9.13. The fourth-order valence-corrected chi connectivity index (χ4v) is 3.18. The van der Waals surface area contributed by atoms with E-state index in [9.17, 15) is 9.50 Å². The summed E-state index contributed by atoms with van der Waals surface area (Å²) in [5.41, 5.74) is 0.798. The van der Waals surface area contributed by atoms with E-state index < -0.39 is 11.9 Å². The van der Waals surface area contributed by atoms with Crippen molar-refractivity contribution in [3.05, 3.63) is 34.6 Å². The highest BCUT2D eigenvalue weighted by Crippen LogP contribution is 2.22. The van der Waals surface area contributed by atoms with Crippen LogP contribution in [0.25, 0.3) is 0 Å². The zero-order valence-corrected chi connectivity index (χ0v) is 11.5. The van der Waals surface area contributed by atoms with Gasteiger partial charge in [-0.25, -0.2) is 4.39 Å². The predicted octanol–water partition coefficient (Wildman–Crippen LogP) is 1.38. The first-order valence-corrected chi connectivity index (χ1v) is 7.09. The summed E-state index contributed by atoms with van der Waals surface area (Å²) >= 11 is 5.66. The van der Waals surface area contributed by atoms with E-state index >= 15 is 0 Å². The van der Waals surface area contributed by atoms with Crippen molar-refractivity contribution in [1.29, 1.82) is 0 Å². The van der Waals surface area contributed by atoms with E-state index in [1.165, 1.54) is 6.07 Å². The summed E-state index contributed by atoms with van der Waals surface area (Å²) in [6.45, 7) is 5.15. The average Bonchev–Trinajstić information content (AvgIpc) is 2.44. The second kappa shape index (κ2) is 5.37. The van der Waals surface area contributed by atoms with Crippen molar-refractivity contribution in [2.75, 3.05) is 32.7 Å². The largest absolute Gasteiger partial charge is 0.391 e. The first-order valence-electron chi connectivity index (χ1n) is 6.72. The van der Waals surface area contributed by atoms with Crippen LogP contribution < -0.4 is 0 Å². The summed E-state index contributed by atoms with van der Waals surface area (Å²) in [5, 5.41) is 10.5. The molecule has 3 heterocycles. The Morgan fingerprint density at radius 2 is 2.05 bits per heavy atom. The van der Waals surface area contributed by atoms with Gasteiger partial charge >= 0.3 is 0 Å². The zero-order valence-electron chi connectivity index (χ0n) is 10.7. The predicted molar refractivity (Wildman–Crippen MR) is 72.9 cm³/mol. The third-order valence-electron chi connectivity index (χ3n) is 4.19. The van der Waals surface area contributed by atoms with Gasteiger partial charge in [-0.1, -0.05) is 17.7 Å². The van der Waals surface area contributed by atoms with Crippen LogP contribution in [0.15, 0.2) is 18.2 Å². The van der Waals surface area contributed by atoms with Crippen molar-refractivity contribution >= 4 is 11.6 Å². The van der Waals surface area contributed by atoms with Gasteiger partial charge in [-0.3, -0.25) is 9.80 Å². The van der Waals surface area contributed by atoms with Crippen LogP contribution in [0.2, 0.25) is 5.02 Å². The molecule has 1 N–H and O–H groups in total. The minimum absolute atomic E-state index is 0.129. The average molecular weight is 285 g/mol. The lowest BCUT2D eigenvalue weighted by atomic mass is 9.97. The second-order valence-electron chi connectivity index (χ2n) is 5.42. The maximum atomic E-state index is 13.4. The van der Waals surface area contributed by atoms with Crippen molar-refractivity contribution < 1.29 is 9.50 Å². The molecule has 4 rings (SSSR count). The molecule has 3 aliphatic rings. The molecule has 3 fully saturated rings. The van der Waals surface area contributed by atoms with Crippen LogP contribution in [0.4, 0.5) is 4.39 Å². The topological polar surface area (TPSA) is 26.7 Å². The van der Waals surface area contributed by atoms with Gasteiger partial charge in [0.05, 0.1) is 11.1 Å². The van der Waals surface area contributed by atoms with Gasteiger partial charge < -0.3 is 5.11 Å². The number of hydrogen-bond donors (Lipinski definition) is 1. The summed E-state index contributed by atoms with van der Waals surface area (Å²) < 4.78 is 13.4. The Kier molecular flexibility index (Phi) is 3.76. The van der Waals surface area contributed by atoms with Gasteiger partial charge in [0, 0.05) is 45.2 Å². The highest BCUT2D eigenvalue weighted by Gasteiger charge is 2.35. The third-order valence-corrected chi connectivity index (χ3v) is 4.50. The Bertz CT molecular complexity index is 463. The Balaban J connectivity index is 1.67. The van der Waals surface area contributed by atoms with Gasteiger partial charge in [-0.2, -0.15) is 0 Å². The van der Waals surface area contributed by atoms with Crippen molar-refractivity contribution in [3.63, 3.8) is 0 Å². The monoisotopic (exact) mass is 284 g/mol. The minimum Gasteiger partial charge on any atom is -0.391 e. The Labute approximate surface area is 117 Å². The van der Waals surface area contributed by atoms with E-state index in [4.69, 9.17) is 11.6 Å². The highest BCUT2D eigenvalue weighted by molar-refractivity contribution is 6.30. The van der Waals surface area contributed by atoms with Crippen LogP contribution in [-0.2, 0) is 6.42 Å². The maximum Gasteiger partial charge on any atom is 0.142 e. The van der Waals surface area contributed by atoms with Crippen LogP contribution in [0.1, 0.15) is 5.56 Å². The molecule has 3 aliphatic heterocycles. The summed E-state index contributed by atoms with van der Waals surface area (Å²) in [6.07, 6.45) is 0.0204. The Morgan fingerprint density at radius 3 is 2.63 bits per heavy atom. The first kappa shape index (κ1) is 13.3. The van der Waals surface area contributed by atoms with Gasteiger partial charge in [0.2, 0.25) is 0 Å². The van der Waals surface area contributed by atoms with Crippen molar-refractivity contribution in [2.24, 2.45) is 0 Å². The SMILES string of the molecule is OC(Cc1ccc(Cl)c(F)c1)C1CN2CCN1CC2. The Hall–Kier alpha value is -0.680. The van der Waals surface area contributed by atoms with Gasteiger partial charge in [0.25, 0.3) is 0 Å². The normalized spacial score (nSPS) is 31.4. The number of benzene rings is 1. The minimum atomic E-state index is -0.455. The fraction of sp³-hybridized carbons (Fsp3) is 0.571. The number of nitrogens with zero attached hydrogens (tertiary/aromatic N) is 2. The molecule has 0 amide bonds. The van der Waals surface area contributed by atoms with E-state index in [-0.39, 0.29) is 11.1 Å². The van der Waals surface area contributed by atoms with Gasteiger partial charge in [0.15, 0.2) is 0 Å². The van der Waals surface area contributed by atoms with E-state index in [1.54, 1.807) is 12.1 Å². The van der Waals surface area contributed by atoms with Crippen LogP contribution in [0, 0.1) is 5.82 Å². The molecule has 2 unspecified atom stereocenters. The number of piperazine rings is 3. The summed E-state index contributed by atoms with van der Waals surface area (Å²) in [7, 11) is 0. The molecule has 0 aliphatic carbocycles. The molecule has 1 aromatic carbocycles. The van der Waals surface area contributed by atoms with Crippen LogP contribution in [-0.4, -0.2) is 59.8 Å². The van der Waals surface area contributed by atoms with Gasteiger partial charge in [0.1, 0.15) is 5.82 Å². The molecule has 1 aromatic rings. The molecule has 3 nitrogen and oxygen atoms in total. The zero-order chi connectivity index (χ0) is 13.4. The second-order valence-corrected chi connectivity index (χ2v) is 5.83. The maximum absolute atomic E-state index is 13.4. The molecule has 0 saturated carbocycles. The van der Waals surface area contributed by atoms with Crippen LogP contribution in [0.5, 0.6) is 0 Å². The van der Waals surface area contributed by atoms with Gasteiger partial charge in [-0.05, 0) is 17.7 Å². The molecule has 104 valence electrons. The molecular formula is C14H18ClFN2O. The van der Waals surface area contributed by atoms with E-state index in [0.29, 0.717) is 6.42 Å². The summed E-state index contributed by atoms with van der Waals surface area (Å²) in [5.74, 6) is -0.416. The quantitative estimate of drug-likeness (QED) is 0.909. The smallest absolute Gasteiger partial charge is 0.142 e. The van der Waals surface area contributed by atoms with Crippen molar-refractivity contribution in [1.82, 2.24) is 9.80 Å². The summed E-state index contributed by atoms with van der Waals surface area (Å²) in [6, 6.07) is 4.92. The molecule has 3 saturated heterocycles. The number of aliphatic hydroxyl groups excluding tert-OH is 1.